The molecule has 3 nitrogen and oxygen atoms in total. The molecule has 0 spiro atoms. The van der Waals surface area contributed by atoms with E-state index in [0.29, 0.717) is 11.6 Å². The van der Waals surface area contributed by atoms with Crippen molar-refractivity contribution in [2.45, 2.75) is 12.5 Å². The number of carbonyl (C=O) groups is 1. The van der Waals surface area contributed by atoms with Gasteiger partial charge >= 0.3 is 0 Å². The van der Waals surface area contributed by atoms with Crippen LogP contribution in [0.2, 0.25) is 0 Å². The van der Waals surface area contributed by atoms with Crippen LogP contribution >= 0.6 is 0 Å². The fourth-order valence-electron chi connectivity index (χ4n) is 2.47. The molecule has 1 N–H and O–H groups in total. The van der Waals surface area contributed by atoms with Gasteiger partial charge in [0.2, 0.25) is 0 Å². The standard InChI is InChI=1S/C16H11F4NO2/c17-9-4-8-5-10(23-15(8)13(20)6-9)7-21-16(22)14-11(18)2-1-3-12(14)19/h1-4,6,10H,5,7H2,(H,21,22)/t10-/m0/s1. The summed E-state index contributed by atoms with van der Waals surface area (Å²) in [6.07, 6.45) is -0.454. The molecule has 1 atom stereocenters. The van der Waals surface area contributed by atoms with Crippen molar-refractivity contribution in [2.24, 2.45) is 0 Å². The number of hydrogen-bond acceptors (Lipinski definition) is 2. The number of hydrogen-bond donors (Lipinski definition) is 1. The lowest BCUT2D eigenvalue weighted by atomic mass is 10.1. The van der Waals surface area contributed by atoms with Crippen molar-refractivity contribution >= 4 is 5.91 Å². The largest absolute Gasteiger partial charge is 0.485 e. The lowest BCUT2D eigenvalue weighted by Gasteiger charge is -2.12. The van der Waals surface area contributed by atoms with E-state index in [1.54, 1.807) is 0 Å². The van der Waals surface area contributed by atoms with Crippen molar-refractivity contribution < 1.29 is 27.1 Å². The predicted octanol–water partition coefficient (Wildman–Crippen LogP) is 2.98. The van der Waals surface area contributed by atoms with Crippen LogP contribution in [0.1, 0.15) is 15.9 Å². The number of halogens is 4. The van der Waals surface area contributed by atoms with E-state index in [0.717, 1.165) is 24.3 Å². The Morgan fingerprint density at radius 3 is 2.52 bits per heavy atom. The number of carbonyl (C=O) groups excluding carboxylic acids is 1. The van der Waals surface area contributed by atoms with E-state index < -0.39 is 40.8 Å². The molecule has 0 aliphatic carbocycles. The van der Waals surface area contributed by atoms with Gasteiger partial charge in [-0.3, -0.25) is 4.79 Å². The zero-order chi connectivity index (χ0) is 16.6. The van der Waals surface area contributed by atoms with Crippen LogP contribution in [0.5, 0.6) is 5.75 Å². The van der Waals surface area contributed by atoms with Crippen molar-refractivity contribution in [1.82, 2.24) is 5.32 Å². The van der Waals surface area contributed by atoms with Crippen LogP contribution < -0.4 is 10.1 Å². The maximum atomic E-state index is 13.5. The molecule has 120 valence electrons. The van der Waals surface area contributed by atoms with Crippen LogP contribution in [0.25, 0.3) is 0 Å². The molecule has 1 aliphatic rings. The SMILES string of the molecule is O=C(NC[C@@H]1Cc2cc(F)cc(F)c2O1)c1c(F)cccc1F. The Balaban J connectivity index is 1.67. The molecule has 2 aromatic carbocycles. The number of nitrogens with one attached hydrogen (secondary N) is 1. The van der Waals surface area contributed by atoms with Gasteiger partial charge in [-0.25, -0.2) is 17.6 Å². The molecule has 0 unspecified atom stereocenters. The summed E-state index contributed by atoms with van der Waals surface area (Å²) >= 11 is 0. The highest BCUT2D eigenvalue weighted by Gasteiger charge is 2.27. The smallest absolute Gasteiger partial charge is 0.257 e. The fourth-order valence-corrected chi connectivity index (χ4v) is 2.47. The summed E-state index contributed by atoms with van der Waals surface area (Å²) in [4.78, 5) is 11.9. The van der Waals surface area contributed by atoms with Gasteiger partial charge in [-0.2, -0.15) is 0 Å². The van der Waals surface area contributed by atoms with E-state index >= 15 is 0 Å². The molecule has 0 radical (unpaired) electrons. The van der Waals surface area contributed by atoms with E-state index in [1.165, 1.54) is 0 Å². The third-order valence-corrected chi connectivity index (χ3v) is 3.50. The minimum Gasteiger partial charge on any atom is -0.485 e. The first-order valence-electron chi connectivity index (χ1n) is 6.82. The normalized spacial score (nSPS) is 15.9. The van der Waals surface area contributed by atoms with E-state index in [2.05, 4.69) is 5.32 Å². The Bertz CT molecular complexity index is 759. The number of rotatable bonds is 3. The Kier molecular flexibility index (Phi) is 3.94. The molecule has 0 saturated heterocycles. The highest BCUT2D eigenvalue weighted by Crippen LogP contribution is 2.32. The van der Waals surface area contributed by atoms with E-state index in [1.807, 2.05) is 0 Å². The third-order valence-electron chi connectivity index (χ3n) is 3.50. The molecular formula is C16H11F4NO2. The first-order valence-corrected chi connectivity index (χ1v) is 6.82. The van der Waals surface area contributed by atoms with Gasteiger partial charge in [0.25, 0.3) is 5.91 Å². The molecule has 0 fully saturated rings. The van der Waals surface area contributed by atoms with Gasteiger partial charge in [0.05, 0.1) is 6.54 Å². The maximum absolute atomic E-state index is 13.5. The maximum Gasteiger partial charge on any atom is 0.257 e. The zero-order valence-corrected chi connectivity index (χ0v) is 11.7. The first-order chi connectivity index (χ1) is 11.0. The summed E-state index contributed by atoms with van der Waals surface area (Å²) < 4.78 is 58.9. The van der Waals surface area contributed by atoms with Crippen LogP contribution in [0.4, 0.5) is 17.6 Å². The van der Waals surface area contributed by atoms with Gasteiger partial charge < -0.3 is 10.1 Å². The van der Waals surface area contributed by atoms with Gasteiger partial charge in [0, 0.05) is 18.1 Å². The molecule has 0 bridgehead atoms. The quantitative estimate of drug-likeness (QED) is 0.881. The van der Waals surface area contributed by atoms with Crippen LogP contribution in [0.3, 0.4) is 0 Å². The van der Waals surface area contributed by atoms with Gasteiger partial charge in [-0.1, -0.05) is 6.07 Å². The Labute approximate surface area is 128 Å². The van der Waals surface area contributed by atoms with Crippen molar-refractivity contribution in [1.29, 1.82) is 0 Å². The third kappa shape index (κ3) is 2.99. The average molecular weight is 325 g/mol. The average Bonchev–Trinajstić information content (AvgIpc) is 2.88. The molecule has 3 rings (SSSR count). The van der Waals surface area contributed by atoms with Gasteiger partial charge in [-0.05, 0) is 18.2 Å². The van der Waals surface area contributed by atoms with Crippen molar-refractivity contribution in [2.75, 3.05) is 6.54 Å². The zero-order valence-electron chi connectivity index (χ0n) is 11.7. The summed E-state index contributed by atoms with van der Waals surface area (Å²) in [5, 5.41) is 2.33. The van der Waals surface area contributed by atoms with Gasteiger partial charge in [0.1, 0.15) is 29.1 Å². The summed E-state index contributed by atoms with van der Waals surface area (Å²) in [5.41, 5.74) is -0.348. The summed E-state index contributed by atoms with van der Waals surface area (Å²) in [6.45, 7) is -0.0949. The first kappa shape index (κ1) is 15.3. The van der Waals surface area contributed by atoms with Crippen LogP contribution in [-0.2, 0) is 6.42 Å². The summed E-state index contributed by atoms with van der Waals surface area (Å²) in [6, 6.07) is 4.94. The second-order valence-electron chi connectivity index (χ2n) is 5.13. The van der Waals surface area contributed by atoms with Gasteiger partial charge in [0.15, 0.2) is 11.6 Å². The second-order valence-corrected chi connectivity index (χ2v) is 5.13. The second kappa shape index (κ2) is 5.91. The van der Waals surface area contributed by atoms with Gasteiger partial charge in [-0.15, -0.1) is 0 Å². The molecule has 7 heteroatoms. The molecule has 0 saturated carbocycles. The van der Waals surface area contributed by atoms with Crippen LogP contribution in [0, 0.1) is 23.3 Å². The van der Waals surface area contributed by atoms with Crippen molar-refractivity contribution in [3.8, 4) is 5.75 Å². The number of amides is 1. The van der Waals surface area contributed by atoms with Crippen LogP contribution in [0.15, 0.2) is 30.3 Å². The monoisotopic (exact) mass is 325 g/mol. The lowest BCUT2D eigenvalue weighted by molar-refractivity contribution is 0.0924. The molecule has 0 aromatic heterocycles. The molecule has 23 heavy (non-hydrogen) atoms. The summed E-state index contributed by atoms with van der Waals surface area (Å²) in [7, 11) is 0. The Morgan fingerprint density at radius 2 is 1.83 bits per heavy atom. The molecule has 1 aliphatic heterocycles. The minimum absolute atomic E-state index is 0.0669. The molecule has 1 amide bonds. The molecule has 1 heterocycles. The Morgan fingerprint density at radius 1 is 1.13 bits per heavy atom. The summed E-state index contributed by atoms with van der Waals surface area (Å²) in [5.74, 6) is -4.51. The Hall–Kier alpha value is -2.57. The predicted molar refractivity (Wildman–Crippen MR) is 73.2 cm³/mol. The van der Waals surface area contributed by atoms with E-state index in [-0.39, 0.29) is 18.7 Å². The number of benzene rings is 2. The van der Waals surface area contributed by atoms with Crippen molar-refractivity contribution in [3.63, 3.8) is 0 Å². The fraction of sp³-hybridized carbons (Fsp3) is 0.188. The number of ether oxygens (including phenoxy) is 1. The highest BCUT2D eigenvalue weighted by molar-refractivity contribution is 5.94. The topological polar surface area (TPSA) is 38.3 Å². The molecular weight excluding hydrogens is 314 g/mol. The van der Waals surface area contributed by atoms with Crippen LogP contribution in [-0.4, -0.2) is 18.6 Å². The number of fused-ring (bicyclic) bond motifs is 1. The highest BCUT2D eigenvalue weighted by atomic mass is 19.1. The minimum atomic E-state index is -0.980. The van der Waals surface area contributed by atoms with Crippen molar-refractivity contribution in [3.05, 3.63) is 64.7 Å². The molecule has 2 aromatic rings. The lowest BCUT2D eigenvalue weighted by Crippen LogP contribution is -2.35. The van der Waals surface area contributed by atoms with E-state index in [9.17, 15) is 22.4 Å². The van der Waals surface area contributed by atoms with E-state index in [4.69, 9.17) is 4.74 Å².